The number of halogens is 3. The van der Waals surface area contributed by atoms with E-state index in [9.17, 15) is 18.0 Å². The summed E-state index contributed by atoms with van der Waals surface area (Å²) in [5.74, 6) is -1.01. The molecule has 1 unspecified atom stereocenters. The molecule has 1 aromatic rings. The Bertz CT molecular complexity index is 408. The molecule has 0 bridgehead atoms. The highest BCUT2D eigenvalue weighted by Crippen LogP contribution is 2.20. The Morgan fingerprint density at radius 1 is 1.31 bits per heavy atom. The number of hydrogen-bond acceptors (Lipinski definition) is 3. The number of carbonyl (C=O) groups is 1. The Morgan fingerprint density at radius 3 is 2.31 bits per heavy atom. The third kappa shape index (κ3) is 3.37. The third-order valence-corrected chi connectivity index (χ3v) is 1.67. The Hall–Kier alpha value is -1.87. The lowest BCUT2D eigenvalue weighted by Gasteiger charge is -2.11. The van der Waals surface area contributed by atoms with Gasteiger partial charge < -0.3 is 0 Å². The van der Waals surface area contributed by atoms with Gasteiger partial charge in [-0.05, 0) is 0 Å². The molecule has 0 N–H and O–H groups in total. The minimum Gasteiger partial charge on any atom is -0.290 e. The summed E-state index contributed by atoms with van der Waals surface area (Å²) in [6, 6.07) is 8.35. The van der Waals surface area contributed by atoms with Gasteiger partial charge in [-0.2, -0.15) is 5.26 Å². The maximum absolute atomic E-state index is 11.8. The van der Waals surface area contributed by atoms with Crippen LogP contribution in [-0.4, -0.2) is 18.2 Å². The predicted octanol–water partition coefficient (Wildman–Crippen LogP) is 2.30. The molecule has 3 nitrogen and oxygen atoms in total. The van der Waals surface area contributed by atoms with Crippen LogP contribution in [0.4, 0.5) is 13.2 Å². The molecule has 84 valence electrons. The molecule has 0 aromatic heterocycles. The van der Waals surface area contributed by atoms with Gasteiger partial charge in [-0.3, -0.25) is 9.53 Å². The van der Waals surface area contributed by atoms with Crippen LogP contribution in [0.5, 0.6) is 0 Å². The number of ketones is 1. The minimum absolute atomic E-state index is 0.00157. The zero-order chi connectivity index (χ0) is 12.2. The second-order valence-corrected chi connectivity index (χ2v) is 2.80. The van der Waals surface area contributed by atoms with E-state index in [4.69, 9.17) is 5.26 Å². The molecule has 0 aliphatic carbocycles. The predicted molar refractivity (Wildman–Crippen MR) is 47.3 cm³/mol. The Morgan fingerprint density at radius 2 is 1.88 bits per heavy atom. The van der Waals surface area contributed by atoms with Gasteiger partial charge >= 0.3 is 6.36 Å². The number of benzene rings is 1. The van der Waals surface area contributed by atoms with E-state index in [1.54, 1.807) is 6.07 Å². The van der Waals surface area contributed by atoms with Crippen molar-refractivity contribution in [2.24, 2.45) is 0 Å². The Labute approximate surface area is 89.1 Å². The molecule has 0 spiro atoms. The molecule has 0 fully saturated rings. The zero-order valence-electron chi connectivity index (χ0n) is 7.86. The van der Waals surface area contributed by atoms with Crippen LogP contribution in [0.15, 0.2) is 30.3 Å². The first-order valence-electron chi connectivity index (χ1n) is 4.17. The molecule has 0 heterocycles. The van der Waals surface area contributed by atoms with Crippen LogP contribution >= 0.6 is 0 Å². The monoisotopic (exact) mass is 229 g/mol. The van der Waals surface area contributed by atoms with E-state index in [-0.39, 0.29) is 5.56 Å². The number of Topliss-reactive ketones (excluding diaryl/α,β-unsaturated/α-hetero) is 1. The van der Waals surface area contributed by atoms with Crippen LogP contribution in [0, 0.1) is 11.3 Å². The smallest absolute Gasteiger partial charge is 0.290 e. The van der Waals surface area contributed by atoms with Crippen molar-refractivity contribution in [1.82, 2.24) is 0 Å². The lowest BCUT2D eigenvalue weighted by Crippen LogP contribution is -2.29. The molecule has 0 aliphatic rings. The summed E-state index contributed by atoms with van der Waals surface area (Å²) >= 11 is 0. The number of nitriles is 1. The summed E-state index contributed by atoms with van der Waals surface area (Å²) < 4.78 is 38.9. The molecule has 0 radical (unpaired) electrons. The Balaban J connectivity index is 2.84. The molecule has 16 heavy (non-hydrogen) atoms. The van der Waals surface area contributed by atoms with Crippen LogP contribution in [0.25, 0.3) is 0 Å². The summed E-state index contributed by atoms with van der Waals surface area (Å²) in [6.07, 6.45) is -7.17. The topological polar surface area (TPSA) is 50.1 Å². The minimum atomic E-state index is -5.01. The van der Waals surface area contributed by atoms with Crippen molar-refractivity contribution in [2.75, 3.05) is 0 Å². The van der Waals surface area contributed by atoms with Gasteiger partial charge in [0.2, 0.25) is 11.9 Å². The SMILES string of the molecule is N#CC(OC(F)(F)F)C(=O)c1ccccc1. The first kappa shape index (κ1) is 12.2. The van der Waals surface area contributed by atoms with Crippen LogP contribution in [0.3, 0.4) is 0 Å². The highest BCUT2D eigenvalue weighted by atomic mass is 19.4. The number of nitrogens with zero attached hydrogens (tertiary/aromatic N) is 1. The van der Waals surface area contributed by atoms with Gasteiger partial charge in [0.05, 0.1) is 0 Å². The zero-order valence-corrected chi connectivity index (χ0v) is 7.86. The van der Waals surface area contributed by atoms with E-state index in [2.05, 4.69) is 4.74 Å². The molecule has 0 saturated heterocycles. The maximum atomic E-state index is 11.8. The van der Waals surface area contributed by atoms with E-state index >= 15 is 0 Å². The standard InChI is InChI=1S/C10H6F3NO2/c11-10(12,13)16-8(6-14)9(15)7-4-2-1-3-5-7/h1-5,8H. The van der Waals surface area contributed by atoms with Crippen molar-refractivity contribution < 1.29 is 22.7 Å². The van der Waals surface area contributed by atoms with E-state index in [0.29, 0.717) is 0 Å². The third-order valence-electron chi connectivity index (χ3n) is 1.67. The van der Waals surface area contributed by atoms with Crippen molar-refractivity contribution in [3.63, 3.8) is 0 Å². The molecule has 0 aliphatic heterocycles. The molecule has 1 atom stereocenters. The first-order chi connectivity index (χ1) is 7.44. The van der Waals surface area contributed by atoms with Crippen molar-refractivity contribution >= 4 is 5.78 Å². The van der Waals surface area contributed by atoms with Gasteiger partial charge in [0, 0.05) is 5.56 Å². The summed E-state index contributed by atoms with van der Waals surface area (Å²) in [5.41, 5.74) is -0.00157. The average Bonchev–Trinajstić information content (AvgIpc) is 2.25. The lowest BCUT2D eigenvalue weighted by molar-refractivity contribution is -0.328. The van der Waals surface area contributed by atoms with Crippen LogP contribution in [-0.2, 0) is 4.74 Å². The van der Waals surface area contributed by atoms with E-state index in [1.165, 1.54) is 30.3 Å². The van der Waals surface area contributed by atoms with E-state index in [0.717, 1.165) is 0 Å². The second-order valence-electron chi connectivity index (χ2n) is 2.80. The van der Waals surface area contributed by atoms with Crippen LogP contribution < -0.4 is 0 Å². The van der Waals surface area contributed by atoms with Gasteiger partial charge in [-0.15, -0.1) is 13.2 Å². The van der Waals surface area contributed by atoms with Gasteiger partial charge in [0.1, 0.15) is 6.07 Å². The lowest BCUT2D eigenvalue weighted by atomic mass is 10.1. The van der Waals surface area contributed by atoms with Crippen molar-refractivity contribution in [1.29, 1.82) is 5.26 Å². The van der Waals surface area contributed by atoms with Gasteiger partial charge in [-0.25, -0.2) is 0 Å². The normalized spacial score (nSPS) is 12.9. The quantitative estimate of drug-likeness (QED) is 0.747. The molecule has 1 aromatic carbocycles. The second kappa shape index (κ2) is 4.77. The fraction of sp³-hybridized carbons (Fsp3) is 0.200. The number of hydrogen-bond donors (Lipinski definition) is 0. The number of alkyl halides is 3. The highest BCUT2D eigenvalue weighted by Gasteiger charge is 2.37. The van der Waals surface area contributed by atoms with Crippen LogP contribution in [0.1, 0.15) is 10.4 Å². The largest absolute Gasteiger partial charge is 0.524 e. The number of rotatable bonds is 3. The Kier molecular flexibility index (Phi) is 3.64. The fourth-order valence-electron chi connectivity index (χ4n) is 1.03. The summed E-state index contributed by atoms with van der Waals surface area (Å²) in [5, 5.41) is 8.43. The first-order valence-corrected chi connectivity index (χ1v) is 4.17. The highest BCUT2D eigenvalue weighted by molar-refractivity contribution is 6.01. The molecular formula is C10H6F3NO2. The fourth-order valence-corrected chi connectivity index (χ4v) is 1.03. The van der Waals surface area contributed by atoms with Crippen molar-refractivity contribution in [3.8, 4) is 6.07 Å². The van der Waals surface area contributed by atoms with Crippen molar-refractivity contribution in [2.45, 2.75) is 12.5 Å². The van der Waals surface area contributed by atoms with Crippen molar-refractivity contribution in [3.05, 3.63) is 35.9 Å². The summed E-state index contributed by atoms with van der Waals surface area (Å²) in [4.78, 5) is 11.4. The molecule has 0 amide bonds. The molecule has 0 saturated carbocycles. The molecule has 1 rings (SSSR count). The summed E-state index contributed by atoms with van der Waals surface area (Å²) in [6.45, 7) is 0. The summed E-state index contributed by atoms with van der Waals surface area (Å²) in [7, 11) is 0. The van der Waals surface area contributed by atoms with E-state index in [1.807, 2.05) is 0 Å². The van der Waals surface area contributed by atoms with Gasteiger partial charge in [0.25, 0.3) is 0 Å². The van der Waals surface area contributed by atoms with E-state index < -0.39 is 18.2 Å². The number of carbonyl (C=O) groups excluding carboxylic acids is 1. The average molecular weight is 229 g/mol. The number of ether oxygens (including phenoxy) is 1. The van der Waals surface area contributed by atoms with Crippen LogP contribution in [0.2, 0.25) is 0 Å². The molecule has 6 heteroatoms. The van der Waals surface area contributed by atoms with Gasteiger partial charge in [-0.1, -0.05) is 30.3 Å². The van der Waals surface area contributed by atoms with Gasteiger partial charge in [0.15, 0.2) is 0 Å². The molecular weight excluding hydrogens is 223 g/mol. The maximum Gasteiger partial charge on any atom is 0.524 e.